The van der Waals surface area contributed by atoms with Gasteiger partial charge in [-0.15, -0.1) is 0 Å². The maximum absolute atomic E-state index is 11.1. The first-order valence-electron chi connectivity index (χ1n) is 5.20. The van der Waals surface area contributed by atoms with Gasteiger partial charge in [0.25, 0.3) is 5.91 Å². The molecular weight excluding hydrogens is 246 g/mol. The first-order valence-corrected chi connectivity index (χ1v) is 5.20. The van der Waals surface area contributed by atoms with Gasteiger partial charge in [-0.2, -0.15) is 0 Å². The number of carbonyl (C=O) groups excluding carboxylic acids is 3. The van der Waals surface area contributed by atoms with Crippen LogP contribution in [-0.2, 0) is 24.0 Å². The first-order chi connectivity index (χ1) is 8.40. The molecule has 18 heavy (non-hydrogen) atoms. The molecule has 0 saturated carbocycles. The maximum atomic E-state index is 11.1. The molecule has 6 N–H and O–H groups in total. The van der Waals surface area contributed by atoms with Crippen molar-refractivity contribution in [1.82, 2.24) is 5.48 Å². The fraction of sp³-hybridized carbons (Fsp3) is 0.667. The second kappa shape index (κ2) is 8.39. The van der Waals surface area contributed by atoms with Crippen LogP contribution in [0.3, 0.4) is 0 Å². The van der Waals surface area contributed by atoms with Crippen molar-refractivity contribution in [2.45, 2.75) is 19.6 Å². The Morgan fingerprint density at radius 1 is 1.28 bits per heavy atom. The zero-order valence-electron chi connectivity index (χ0n) is 9.92. The lowest BCUT2D eigenvalue weighted by Crippen LogP contribution is -2.42. The van der Waals surface area contributed by atoms with Crippen molar-refractivity contribution >= 4 is 17.7 Å². The van der Waals surface area contributed by atoms with Crippen LogP contribution < -0.4 is 16.9 Å². The number of aliphatic hydroxyl groups excluding tert-OH is 1. The SMILES string of the molecule is CCCOC(O)C(=O)NOCC(C(N)=O)C(N)=O. The Morgan fingerprint density at radius 3 is 2.28 bits per heavy atom. The molecule has 0 aromatic rings. The van der Waals surface area contributed by atoms with Gasteiger partial charge in [-0.1, -0.05) is 6.92 Å². The van der Waals surface area contributed by atoms with Crippen LogP contribution in [0.2, 0.25) is 0 Å². The summed E-state index contributed by atoms with van der Waals surface area (Å²) in [6.07, 6.45) is -1.07. The molecule has 1 atom stereocenters. The van der Waals surface area contributed by atoms with E-state index in [0.717, 1.165) is 0 Å². The highest BCUT2D eigenvalue weighted by Crippen LogP contribution is 1.95. The molecular formula is C9H17N3O6. The molecule has 0 fully saturated rings. The van der Waals surface area contributed by atoms with Gasteiger partial charge in [-0.05, 0) is 6.42 Å². The Labute approximate surface area is 103 Å². The minimum Gasteiger partial charge on any atom is -0.369 e. The predicted molar refractivity (Wildman–Crippen MR) is 58.2 cm³/mol. The molecule has 9 heteroatoms. The average Bonchev–Trinajstić information content (AvgIpc) is 2.30. The molecule has 0 aliphatic rings. The highest BCUT2D eigenvalue weighted by atomic mass is 16.7. The standard InChI is InChI=1S/C9H17N3O6/c1-2-3-17-9(16)8(15)12-18-4-5(6(10)13)7(11)14/h5,9,16H,2-4H2,1H3,(H2,10,13)(H2,11,14)(H,12,15). The molecule has 0 saturated heterocycles. The Hall–Kier alpha value is -1.71. The van der Waals surface area contributed by atoms with E-state index in [0.29, 0.717) is 6.42 Å². The lowest BCUT2D eigenvalue weighted by Gasteiger charge is -2.13. The van der Waals surface area contributed by atoms with Crippen LogP contribution in [0.1, 0.15) is 13.3 Å². The summed E-state index contributed by atoms with van der Waals surface area (Å²) in [7, 11) is 0. The van der Waals surface area contributed by atoms with Crippen LogP contribution >= 0.6 is 0 Å². The number of primary amides is 2. The Morgan fingerprint density at radius 2 is 1.83 bits per heavy atom. The van der Waals surface area contributed by atoms with Crippen LogP contribution in [0.15, 0.2) is 0 Å². The van der Waals surface area contributed by atoms with Crippen molar-refractivity contribution in [3.63, 3.8) is 0 Å². The summed E-state index contributed by atoms with van der Waals surface area (Å²) in [5, 5.41) is 9.13. The lowest BCUT2D eigenvalue weighted by atomic mass is 10.1. The number of rotatable bonds is 9. The molecule has 0 bridgehead atoms. The van der Waals surface area contributed by atoms with E-state index in [2.05, 4.69) is 9.57 Å². The zero-order valence-corrected chi connectivity index (χ0v) is 9.92. The van der Waals surface area contributed by atoms with Gasteiger partial charge in [-0.3, -0.25) is 19.2 Å². The Kier molecular flexibility index (Phi) is 7.59. The highest BCUT2D eigenvalue weighted by molar-refractivity contribution is 5.98. The number of amides is 3. The number of aliphatic hydroxyl groups is 1. The molecule has 0 spiro atoms. The third-order valence-corrected chi connectivity index (χ3v) is 1.81. The molecule has 0 rings (SSSR count). The van der Waals surface area contributed by atoms with E-state index in [-0.39, 0.29) is 6.61 Å². The molecule has 0 heterocycles. The Balaban J connectivity index is 3.98. The van der Waals surface area contributed by atoms with Crippen LogP contribution in [0.4, 0.5) is 0 Å². The maximum Gasteiger partial charge on any atom is 0.300 e. The quantitative estimate of drug-likeness (QED) is 0.202. The highest BCUT2D eigenvalue weighted by Gasteiger charge is 2.23. The average molecular weight is 263 g/mol. The fourth-order valence-electron chi connectivity index (χ4n) is 0.856. The number of ether oxygens (including phenoxy) is 1. The molecule has 0 aliphatic heterocycles. The zero-order chi connectivity index (χ0) is 14.1. The van der Waals surface area contributed by atoms with Gasteiger partial charge in [0.1, 0.15) is 5.92 Å². The van der Waals surface area contributed by atoms with Crippen LogP contribution in [-0.4, -0.2) is 42.3 Å². The number of hydrogen-bond acceptors (Lipinski definition) is 6. The lowest BCUT2D eigenvalue weighted by molar-refractivity contribution is -0.172. The molecule has 0 radical (unpaired) electrons. The van der Waals surface area contributed by atoms with E-state index in [1.165, 1.54) is 0 Å². The summed E-state index contributed by atoms with van der Waals surface area (Å²) < 4.78 is 4.69. The van der Waals surface area contributed by atoms with Crippen molar-refractivity contribution in [3.05, 3.63) is 0 Å². The van der Waals surface area contributed by atoms with Gasteiger partial charge in [0.15, 0.2) is 0 Å². The summed E-state index contributed by atoms with van der Waals surface area (Å²) in [5.74, 6) is -4.27. The molecule has 0 aromatic heterocycles. The van der Waals surface area contributed by atoms with E-state index in [1.54, 1.807) is 12.4 Å². The molecule has 0 aromatic carbocycles. The second-order valence-corrected chi connectivity index (χ2v) is 3.36. The van der Waals surface area contributed by atoms with Gasteiger partial charge in [0.2, 0.25) is 18.1 Å². The topological polar surface area (TPSA) is 154 Å². The van der Waals surface area contributed by atoms with E-state index >= 15 is 0 Å². The Bertz CT molecular complexity index is 295. The van der Waals surface area contributed by atoms with Crippen molar-refractivity contribution in [1.29, 1.82) is 0 Å². The summed E-state index contributed by atoms with van der Waals surface area (Å²) in [6, 6.07) is 0. The second-order valence-electron chi connectivity index (χ2n) is 3.36. The van der Waals surface area contributed by atoms with Crippen LogP contribution in [0.5, 0.6) is 0 Å². The largest absolute Gasteiger partial charge is 0.369 e. The first kappa shape index (κ1) is 16.3. The van der Waals surface area contributed by atoms with Gasteiger partial charge < -0.3 is 21.3 Å². The predicted octanol–water partition coefficient (Wildman–Crippen LogP) is -2.63. The van der Waals surface area contributed by atoms with Crippen molar-refractivity contribution in [2.24, 2.45) is 17.4 Å². The van der Waals surface area contributed by atoms with E-state index in [1.807, 2.05) is 0 Å². The minimum atomic E-state index is -1.69. The molecule has 0 aliphatic carbocycles. The smallest absolute Gasteiger partial charge is 0.300 e. The monoisotopic (exact) mass is 263 g/mol. The molecule has 1 unspecified atom stereocenters. The van der Waals surface area contributed by atoms with Crippen LogP contribution in [0.25, 0.3) is 0 Å². The van der Waals surface area contributed by atoms with Crippen molar-refractivity contribution < 1.29 is 29.1 Å². The number of nitrogens with one attached hydrogen (secondary N) is 1. The summed E-state index contributed by atoms with van der Waals surface area (Å²) in [6.45, 7) is 1.47. The molecule has 104 valence electrons. The summed E-state index contributed by atoms with van der Waals surface area (Å²) in [5.41, 5.74) is 11.5. The normalized spacial score (nSPS) is 12.2. The molecule has 9 nitrogen and oxygen atoms in total. The van der Waals surface area contributed by atoms with Crippen molar-refractivity contribution in [3.8, 4) is 0 Å². The van der Waals surface area contributed by atoms with Gasteiger partial charge in [0.05, 0.1) is 13.2 Å². The van der Waals surface area contributed by atoms with Gasteiger partial charge in [-0.25, -0.2) is 5.48 Å². The van der Waals surface area contributed by atoms with Crippen LogP contribution in [0, 0.1) is 5.92 Å². The third kappa shape index (κ3) is 6.13. The van der Waals surface area contributed by atoms with E-state index in [9.17, 15) is 14.4 Å². The number of hydroxylamine groups is 1. The van der Waals surface area contributed by atoms with Gasteiger partial charge in [0, 0.05) is 0 Å². The third-order valence-electron chi connectivity index (χ3n) is 1.81. The van der Waals surface area contributed by atoms with E-state index < -0.39 is 36.5 Å². The van der Waals surface area contributed by atoms with E-state index in [4.69, 9.17) is 16.6 Å². The number of carbonyl (C=O) groups is 3. The summed E-state index contributed by atoms with van der Waals surface area (Å²) >= 11 is 0. The number of nitrogens with two attached hydrogens (primary N) is 2. The van der Waals surface area contributed by atoms with Crippen molar-refractivity contribution in [2.75, 3.05) is 13.2 Å². The minimum absolute atomic E-state index is 0.194. The summed E-state index contributed by atoms with van der Waals surface area (Å²) in [4.78, 5) is 37.2. The molecule has 3 amide bonds. The fourth-order valence-corrected chi connectivity index (χ4v) is 0.856. The van der Waals surface area contributed by atoms with Gasteiger partial charge >= 0.3 is 0 Å². The number of hydrogen-bond donors (Lipinski definition) is 4.